The van der Waals surface area contributed by atoms with E-state index in [1.165, 1.54) is 0 Å². The first kappa shape index (κ1) is 13.5. The van der Waals surface area contributed by atoms with Crippen LogP contribution in [0.25, 0.3) is 0 Å². The van der Waals surface area contributed by atoms with E-state index in [1.807, 2.05) is 30.3 Å². The molecule has 0 bridgehead atoms. The largest absolute Gasteiger partial charge is 0.494 e. The third-order valence-corrected chi connectivity index (χ3v) is 2.58. The number of para-hydroxylation sites is 1. The minimum atomic E-state index is -0.768. The van der Waals surface area contributed by atoms with Crippen molar-refractivity contribution in [1.29, 1.82) is 0 Å². The molecule has 0 saturated carbocycles. The van der Waals surface area contributed by atoms with Crippen LogP contribution >= 0.6 is 0 Å². The van der Waals surface area contributed by atoms with Crippen molar-refractivity contribution in [1.82, 2.24) is 0 Å². The molecule has 1 rings (SSSR count). The third-order valence-electron chi connectivity index (χ3n) is 2.58. The molecular formula is C13H19NO3. The van der Waals surface area contributed by atoms with Crippen molar-refractivity contribution in [3.8, 4) is 5.75 Å². The van der Waals surface area contributed by atoms with E-state index in [0.717, 1.165) is 12.2 Å². The van der Waals surface area contributed by atoms with E-state index in [9.17, 15) is 4.79 Å². The van der Waals surface area contributed by atoms with Crippen molar-refractivity contribution in [2.45, 2.75) is 19.3 Å². The first-order valence-electron chi connectivity index (χ1n) is 5.84. The molecule has 1 aromatic rings. The highest BCUT2D eigenvalue weighted by Crippen LogP contribution is 2.14. The standard InChI is InChI=1S/C13H19NO3/c14-9-4-5-11(13(15)16)8-10-17-12-6-2-1-3-7-12/h1-3,6-7,11H,4-5,8-10,14H2,(H,15,16). The first-order chi connectivity index (χ1) is 8.24. The molecule has 0 fully saturated rings. The maximum Gasteiger partial charge on any atom is 0.306 e. The first-order valence-corrected chi connectivity index (χ1v) is 5.84. The Morgan fingerprint density at radius 2 is 2.00 bits per heavy atom. The molecule has 4 heteroatoms. The van der Waals surface area contributed by atoms with Crippen LogP contribution in [0.2, 0.25) is 0 Å². The average Bonchev–Trinajstić information content (AvgIpc) is 2.34. The molecule has 17 heavy (non-hydrogen) atoms. The van der Waals surface area contributed by atoms with Gasteiger partial charge in [0.2, 0.25) is 0 Å². The van der Waals surface area contributed by atoms with Crippen LogP contribution in [0.5, 0.6) is 5.75 Å². The molecule has 1 unspecified atom stereocenters. The van der Waals surface area contributed by atoms with E-state index in [1.54, 1.807) is 0 Å². The number of hydrogen-bond donors (Lipinski definition) is 2. The smallest absolute Gasteiger partial charge is 0.306 e. The van der Waals surface area contributed by atoms with Gasteiger partial charge in [-0.3, -0.25) is 4.79 Å². The molecule has 0 aliphatic carbocycles. The van der Waals surface area contributed by atoms with Crippen LogP contribution in [0.1, 0.15) is 19.3 Å². The Kier molecular flexibility index (Phi) is 6.10. The Hall–Kier alpha value is -1.55. The molecule has 0 aliphatic heterocycles. The van der Waals surface area contributed by atoms with E-state index < -0.39 is 5.97 Å². The normalized spacial score (nSPS) is 12.1. The SMILES string of the molecule is NCCCC(CCOc1ccccc1)C(=O)O. The summed E-state index contributed by atoms with van der Waals surface area (Å²) >= 11 is 0. The summed E-state index contributed by atoms with van der Waals surface area (Å²) in [4.78, 5) is 11.0. The lowest BCUT2D eigenvalue weighted by Gasteiger charge is -2.12. The van der Waals surface area contributed by atoms with Crippen LogP contribution in [-0.4, -0.2) is 24.2 Å². The van der Waals surface area contributed by atoms with Gasteiger partial charge in [-0.25, -0.2) is 0 Å². The molecule has 1 atom stereocenters. The van der Waals surface area contributed by atoms with Crippen molar-refractivity contribution in [2.75, 3.05) is 13.2 Å². The molecule has 0 heterocycles. The maximum atomic E-state index is 11.0. The third kappa shape index (κ3) is 5.36. The highest BCUT2D eigenvalue weighted by Gasteiger charge is 2.16. The van der Waals surface area contributed by atoms with Crippen molar-refractivity contribution in [3.63, 3.8) is 0 Å². The minimum Gasteiger partial charge on any atom is -0.494 e. The van der Waals surface area contributed by atoms with E-state index in [4.69, 9.17) is 15.6 Å². The van der Waals surface area contributed by atoms with Crippen LogP contribution in [0.4, 0.5) is 0 Å². The number of benzene rings is 1. The van der Waals surface area contributed by atoms with Crippen LogP contribution in [0, 0.1) is 5.92 Å². The van der Waals surface area contributed by atoms with Gasteiger partial charge in [-0.15, -0.1) is 0 Å². The lowest BCUT2D eigenvalue weighted by molar-refractivity contribution is -0.142. The predicted molar refractivity (Wildman–Crippen MR) is 66.0 cm³/mol. The molecule has 3 N–H and O–H groups in total. The number of aliphatic carboxylic acids is 1. The summed E-state index contributed by atoms with van der Waals surface area (Å²) in [6.45, 7) is 0.953. The van der Waals surface area contributed by atoms with Gasteiger partial charge in [-0.2, -0.15) is 0 Å². The maximum absolute atomic E-state index is 11.0. The summed E-state index contributed by atoms with van der Waals surface area (Å²) < 4.78 is 5.47. The van der Waals surface area contributed by atoms with Gasteiger partial charge in [0.1, 0.15) is 5.75 Å². The van der Waals surface area contributed by atoms with Crippen molar-refractivity contribution < 1.29 is 14.6 Å². The average molecular weight is 237 g/mol. The highest BCUT2D eigenvalue weighted by atomic mass is 16.5. The van der Waals surface area contributed by atoms with Crippen LogP contribution in [0.3, 0.4) is 0 Å². The van der Waals surface area contributed by atoms with E-state index in [0.29, 0.717) is 26.0 Å². The summed E-state index contributed by atoms with van der Waals surface area (Å²) in [6.07, 6.45) is 1.87. The van der Waals surface area contributed by atoms with Crippen molar-refractivity contribution in [3.05, 3.63) is 30.3 Å². The van der Waals surface area contributed by atoms with Crippen LogP contribution in [-0.2, 0) is 4.79 Å². The number of nitrogens with two attached hydrogens (primary N) is 1. The van der Waals surface area contributed by atoms with Gasteiger partial charge in [0.25, 0.3) is 0 Å². The summed E-state index contributed by atoms with van der Waals surface area (Å²) in [5, 5.41) is 9.00. The topological polar surface area (TPSA) is 72.5 Å². The number of ether oxygens (including phenoxy) is 1. The Morgan fingerprint density at radius 3 is 2.59 bits per heavy atom. The van der Waals surface area contributed by atoms with Gasteiger partial charge in [-0.1, -0.05) is 18.2 Å². The number of hydrogen-bond acceptors (Lipinski definition) is 3. The molecule has 1 aromatic carbocycles. The van der Waals surface area contributed by atoms with Crippen LogP contribution < -0.4 is 10.5 Å². The van der Waals surface area contributed by atoms with E-state index in [-0.39, 0.29) is 5.92 Å². The summed E-state index contributed by atoms with van der Waals surface area (Å²) in [5.41, 5.74) is 5.37. The zero-order valence-corrected chi connectivity index (χ0v) is 9.84. The summed E-state index contributed by atoms with van der Waals surface area (Å²) in [5.74, 6) is -0.354. The van der Waals surface area contributed by atoms with Crippen molar-refractivity contribution in [2.24, 2.45) is 11.7 Å². The predicted octanol–water partition coefficient (Wildman–Crippen LogP) is 1.90. The zero-order valence-electron chi connectivity index (χ0n) is 9.84. The number of rotatable bonds is 8. The Bertz CT molecular complexity index is 327. The second kappa shape index (κ2) is 7.68. The molecule has 94 valence electrons. The Labute approximate surface area is 101 Å². The summed E-state index contributed by atoms with van der Waals surface area (Å²) in [6, 6.07) is 9.40. The molecule has 0 spiro atoms. The van der Waals surface area contributed by atoms with E-state index >= 15 is 0 Å². The fraction of sp³-hybridized carbons (Fsp3) is 0.462. The molecule has 0 aliphatic rings. The van der Waals surface area contributed by atoms with E-state index in [2.05, 4.69) is 0 Å². The zero-order chi connectivity index (χ0) is 12.5. The fourth-order valence-corrected chi connectivity index (χ4v) is 1.59. The van der Waals surface area contributed by atoms with Gasteiger partial charge >= 0.3 is 5.97 Å². The summed E-state index contributed by atoms with van der Waals surface area (Å²) in [7, 11) is 0. The molecule has 4 nitrogen and oxygen atoms in total. The number of carboxylic acids is 1. The fourth-order valence-electron chi connectivity index (χ4n) is 1.59. The van der Waals surface area contributed by atoms with Crippen molar-refractivity contribution >= 4 is 5.97 Å². The van der Waals surface area contributed by atoms with Gasteiger partial charge in [0.05, 0.1) is 12.5 Å². The van der Waals surface area contributed by atoms with Gasteiger partial charge in [-0.05, 0) is 37.9 Å². The number of carbonyl (C=O) groups is 1. The monoisotopic (exact) mass is 237 g/mol. The lowest BCUT2D eigenvalue weighted by atomic mass is 10.0. The highest BCUT2D eigenvalue weighted by molar-refractivity contribution is 5.69. The second-order valence-corrected chi connectivity index (χ2v) is 3.92. The lowest BCUT2D eigenvalue weighted by Crippen LogP contribution is -2.18. The number of carboxylic acid groups (broad SMARTS) is 1. The van der Waals surface area contributed by atoms with Gasteiger partial charge in [0, 0.05) is 0 Å². The molecule has 0 amide bonds. The van der Waals surface area contributed by atoms with Gasteiger partial charge < -0.3 is 15.6 Å². The molecular weight excluding hydrogens is 218 g/mol. The molecule has 0 aromatic heterocycles. The van der Waals surface area contributed by atoms with Gasteiger partial charge in [0.15, 0.2) is 0 Å². The molecule has 0 radical (unpaired) electrons. The Balaban J connectivity index is 2.29. The quantitative estimate of drug-likeness (QED) is 0.724. The Morgan fingerprint density at radius 1 is 1.29 bits per heavy atom. The minimum absolute atomic E-state index is 0.359. The molecule has 0 saturated heterocycles. The van der Waals surface area contributed by atoms with Crippen LogP contribution in [0.15, 0.2) is 30.3 Å². The second-order valence-electron chi connectivity index (χ2n) is 3.92.